The molecule has 1 fully saturated rings. The molecule has 1 heterocycles. The number of anilines is 1. The molecule has 138 valence electrons. The highest BCUT2D eigenvalue weighted by Gasteiger charge is 2.29. The molecule has 8 heteroatoms. The summed E-state index contributed by atoms with van der Waals surface area (Å²) in [7, 11) is -1.83. The fraction of sp³-hybridized carbons (Fsp3) is 0.588. The van der Waals surface area contributed by atoms with Crippen LogP contribution in [0.1, 0.15) is 32.6 Å². The molecule has 1 amide bonds. The average Bonchev–Trinajstić information content (AvgIpc) is 3.29. The lowest BCUT2D eigenvalue weighted by Crippen LogP contribution is -2.45. The number of sulfonamides is 1. The van der Waals surface area contributed by atoms with Crippen LogP contribution in [0.5, 0.6) is 11.5 Å². The minimum atomic E-state index is -3.59. The van der Waals surface area contributed by atoms with Crippen LogP contribution in [0.3, 0.4) is 0 Å². The molecular weight excluding hydrogens is 344 g/mol. The van der Waals surface area contributed by atoms with Gasteiger partial charge in [-0.1, -0.05) is 12.8 Å². The standard InChI is InChI=1S/C17H24N2O5S/c1-3-25(21,22)19(11-17(20)18(2)13-6-4-5-7-13)14-8-9-15-16(10-14)24-12-23-15/h8-10,13H,3-7,11-12H2,1-2H3. The van der Waals surface area contributed by atoms with E-state index in [4.69, 9.17) is 9.47 Å². The number of ether oxygens (including phenoxy) is 2. The normalized spacial score (nSPS) is 16.9. The Kier molecular flexibility index (Phi) is 5.08. The predicted octanol–water partition coefficient (Wildman–Crippen LogP) is 1.97. The fourth-order valence-electron chi connectivity index (χ4n) is 3.28. The number of fused-ring (bicyclic) bond motifs is 1. The molecule has 1 aromatic rings. The highest BCUT2D eigenvalue weighted by atomic mass is 32.2. The van der Waals surface area contributed by atoms with Gasteiger partial charge >= 0.3 is 0 Å². The number of hydrogen-bond donors (Lipinski definition) is 0. The molecule has 0 spiro atoms. The molecule has 1 aromatic carbocycles. The van der Waals surface area contributed by atoms with E-state index in [1.165, 1.54) is 4.31 Å². The third kappa shape index (κ3) is 3.68. The highest BCUT2D eigenvalue weighted by Crippen LogP contribution is 2.36. The van der Waals surface area contributed by atoms with E-state index in [0.29, 0.717) is 17.2 Å². The van der Waals surface area contributed by atoms with E-state index in [1.54, 1.807) is 37.1 Å². The number of likely N-dealkylation sites (N-methyl/N-ethyl adjacent to an activating group) is 1. The van der Waals surface area contributed by atoms with Crippen LogP contribution >= 0.6 is 0 Å². The van der Waals surface area contributed by atoms with Crippen LogP contribution < -0.4 is 13.8 Å². The van der Waals surface area contributed by atoms with Gasteiger partial charge in [0.2, 0.25) is 22.7 Å². The average molecular weight is 368 g/mol. The van der Waals surface area contributed by atoms with Gasteiger partial charge in [-0.05, 0) is 31.9 Å². The zero-order valence-electron chi connectivity index (χ0n) is 14.6. The van der Waals surface area contributed by atoms with Crippen molar-refractivity contribution in [3.8, 4) is 11.5 Å². The van der Waals surface area contributed by atoms with Crippen LogP contribution in [0.25, 0.3) is 0 Å². The van der Waals surface area contributed by atoms with Crippen molar-refractivity contribution in [1.29, 1.82) is 0 Å². The van der Waals surface area contributed by atoms with Crippen molar-refractivity contribution >= 4 is 21.6 Å². The minimum Gasteiger partial charge on any atom is -0.454 e. The number of amides is 1. The van der Waals surface area contributed by atoms with Crippen molar-refractivity contribution in [2.75, 3.05) is 30.4 Å². The largest absolute Gasteiger partial charge is 0.454 e. The van der Waals surface area contributed by atoms with Crippen molar-refractivity contribution in [2.45, 2.75) is 38.6 Å². The molecule has 0 saturated heterocycles. The van der Waals surface area contributed by atoms with Gasteiger partial charge in [0.05, 0.1) is 11.4 Å². The Balaban J connectivity index is 1.84. The van der Waals surface area contributed by atoms with Gasteiger partial charge in [-0.15, -0.1) is 0 Å². The molecule has 0 aromatic heterocycles. The number of carbonyl (C=O) groups excluding carboxylic acids is 1. The molecule has 0 atom stereocenters. The lowest BCUT2D eigenvalue weighted by molar-refractivity contribution is -0.130. The van der Waals surface area contributed by atoms with Gasteiger partial charge in [-0.25, -0.2) is 8.42 Å². The number of carbonyl (C=O) groups is 1. The van der Waals surface area contributed by atoms with Crippen molar-refractivity contribution < 1.29 is 22.7 Å². The number of rotatable bonds is 6. The molecule has 1 aliphatic carbocycles. The van der Waals surface area contributed by atoms with Gasteiger partial charge in [0, 0.05) is 19.2 Å². The summed E-state index contributed by atoms with van der Waals surface area (Å²) >= 11 is 0. The lowest BCUT2D eigenvalue weighted by Gasteiger charge is -2.29. The third-order valence-corrected chi connectivity index (χ3v) is 6.63. The van der Waals surface area contributed by atoms with E-state index in [2.05, 4.69) is 0 Å². The summed E-state index contributed by atoms with van der Waals surface area (Å²) in [6, 6.07) is 5.12. The molecule has 25 heavy (non-hydrogen) atoms. The summed E-state index contributed by atoms with van der Waals surface area (Å²) in [5.41, 5.74) is 0.416. The topological polar surface area (TPSA) is 76.2 Å². The number of hydrogen-bond acceptors (Lipinski definition) is 5. The molecule has 1 saturated carbocycles. The quantitative estimate of drug-likeness (QED) is 0.767. The van der Waals surface area contributed by atoms with Gasteiger partial charge in [-0.2, -0.15) is 0 Å². The van der Waals surface area contributed by atoms with E-state index < -0.39 is 10.0 Å². The van der Waals surface area contributed by atoms with Crippen LogP contribution in [0, 0.1) is 0 Å². The zero-order valence-corrected chi connectivity index (χ0v) is 15.4. The molecule has 0 N–H and O–H groups in total. The first-order valence-electron chi connectivity index (χ1n) is 8.58. The van der Waals surface area contributed by atoms with Crippen molar-refractivity contribution in [3.05, 3.63) is 18.2 Å². The van der Waals surface area contributed by atoms with Gasteiger partial charge in [0.15, 0.2) is 11.5 Å². The monoisotopic (exact) mass is 368 g/mol. The SMILES string of the molecule is CCS(=O)(=O)N(CC(=O)N(C)C1CCCC1)c1ccc2c(c1)OCO2. The lowest BCUT2D eigenvalue weighted by atomic mass is 10.2. The Labute approximate surface area is 148 Å². The second kappa shape index (κ2) is 7.11. The Morgan fingerprint density at radius 2 is 1.88 bits per heavy atom. The van der Waals surface area contributed by atoms with E-state index in [0.717, 1.165) is 25.7 Å². The maximum atomic E-state index is 12.7. The molecule has 0 bridgehead atoms. The van der Waals surface area contributed by atoms with Gasteiger partial charge in [0.25, 0.3) is 0 Å². The Morgan fingerprint density at radius 1 is 1.20 bits per heavy atom. The first kappa shape index (κ1) is 17.8. The van der Waals surface area contributed by atoms with Gasteiger partial charge in [0.1, 0.15) is 6.54 Å². The Morgan fingerprint density at radius 3 is 2.56 bits per heavy atom. The van der Waals surface area contributed by atoms with E-state index in [-0.39, 0.29) is 31.0 Å². The smallest absolute Gasteiger partial charge is 0.243 e. The first-order valence-corrected chi connectivity index (χ1v) is 10.2. The van der Waals surface area contributed by atoms with Crippen molar-refractivity contribution in [3.63, 3.8) is 0 Å². The molecule has 1 aliphatic heterocycles. The summed E-state index contributed by atoms with van der Waals surface area (Å²) < 4.78 is 36.9. The van der Waals surface area contributed by atoms with E-state index >= 15 is 0 Å². The summed E-state index contributed by atoms with van der Waals surface area (Å²) in [6.07, 6.45) is 4.18. The van der Waals surface area contributed by atoms with Crippen LogP contribution in [-0.4, -0.2) is 51.4 Å². The van der Waals surface area contributed by atoms with Crippen LogP contribution in [0.15, 0.2) is 18.2 Å². The molecule has 3 rings (SSSR count). The zero-order chi connectivity index (χ0) is 18.0. The molecule has 7 nitrogen and oxygen atoms in total. The molecular formula is C17H24N2O5S. The Hall–Kier alpha value is -1.96. The second-order valence-corrected chi connectivity index (χ2v) is 8.57. The molecule has 0 radical (unpaired) electrons. The van der Waals surface area contributed by atoms with Crippen LogP contribution in [-0.2, 0) is 14.8 Å². The van der Waals surface area contributed by atoms with Crippen LogP contribution in [0.2, 0.25) is 0 Å². The summed E-state index contributed by atoms with van der Waals surface area (Å²) in [4.78, 5) is 14.4. The van der Waals surface area contributed by atoms with E-state index in [1.807, 2.05) is 0 Å². The Bertz CT molecular complexity index is 743. The molecule has 2 aliphatic rings. The van der Waals surface area contributed by atoms with Crippen molar-refractivity contribution in [2.24, 2.45) is 0 Å². The van der Waals surface area contributed by atoms with Crippen molar-refractivity contribution in [1.82, 2.24) is 4.90 Å². The first-order chi connectivity index (χ1) is 11.9. The number of nitrogens with zero attached hydrogens (tertiary/aromatic N) is 2. The maximum absolute atomic E-state index is 12.7. The predicted molar refractivity (Wildman–Crippen MR) is 94.4 cm³/mol. The van der Waals surface area contributed by atoms with Gasteiger partial charge in [-0.3, -0.25) is 9.10 Å². The molecule has 0 unspecified atom stereocenters. The summed E-state index contributed by atoms with van der Waals surface area (Å²) in [6.45, 7) is 1.48. The van der Waals surface area contributed by atoms with Gasteiger partial charge < -0.3 is 14.4 Å². The third-order valence-electron chi connectivity index (χ3n) is 4.89. The summed E-state index contributed by atoms with van der Waals surface area (Å²) in [5, 5.41) is 0. The van der Waals surface area contributed by atoms with E-state index in [9.17, 15) is 13.2 Å². The summed E-state index contributed by atoms with van der Waals surface area (Å²) in [5.74, 6) is 0.793. The fourth-order valence-corrected chi connectivity index (χ4v) is 4.33. The highest BCUT2D eigenvalue weighted by molar-refractivity contribution is 7.92. The number of benzene rings is 1. The van der Waals surface area contributed by atoms with Crippen LogP contribution in [0.4, 0.5) is 5.69 Å². The second-order valence-electron chi connectivity index (χ2n) is 6.39. The minimum absolute atomic E-state index is 0.0815. The maximum Gasteiger partial charge on any atom is 0.243 e.